The van der Waals surface area contributed by atoms with E-state index in [1.807, 2.05) is 30.3 Å². The smallest absolute Gasteiger partial charge is 0.101 e. The fraction of sp³-hybridized carbons (Fsp3) is 0.350. The summed E-state index contributed by atoms with van der Waals surface area (Å²) in [7, 11) is 0. The van der Waals surface area contributed by atoms with Gasteiger partial charge in [0.05, 0.1) is 0 Å². The monoisotopic (exact) mass is 408 g/mol. The van der Waals surface area contributed by atoms with Crippen LogP contribution in [0.15, 0.2) is 40.7 Å². The molecule has 3 aromatic rings. The molecule has 0 aliphatic heterocycles. The Hall–Kier alpha value is -2.39. The molecule has 0 bridgehead atoms. The molecule has 0 spiro atoms. The lowest BCUT2D eigenvalue weighted by molar-refractivity contribution is 0.333. The average Bonchev–Trinajstić information content (AvgIpc) is 2.97. The molecule has 132 valence electrons. The van der Waals surface area contributed by atoms with Crippen LogP contribution in [0.2, 0.25) is 0 Å². The lowest BCUT2D eigenvalue weighted by atomic mass is 9.89. The van der Waals surface area contributed by atoms with E-state index in [0.717, 1.165) is 28.4 Å². The minimum Gasteiger partial charge on any atom is -0.463 e. The van der Waals surface area contributed by atoms with E-state index < -0.39 is 0 Å². The van der Waals surface area contributed by atoms with Gasteiger partial charge in [0.1, 0.15) is 5.52 Å². The van der Waals surface area contributed by atoms with Crippen molar-refractivity contribution < 1.29 is 0 Å². The molecular weight excluding hydrogens is 390 g/mol. The summed E-state index contributed by atoms with van der Waals surface area (Å²) in [5.74, 6) is 5.53. The van der Waals surface area contributed by atoms with Crippen molar-refractivity contribution in [2.24, 2.45) is 22.1 Å². The van der Waals surface area contributed by atoms with Gasteiger partial charge in [-0.2, -0.15) is 5.22 Å². The van der Waals surface area contributed by atoms with Crippen LogP contribution >= 0.6 is 15.9 Å². The fourth-order valence-corrected chi connectivity index (χ4v) is 4.45. The molecule has 0 radical (unpaired) electrons. The number of amidine groups is 1. The minimum atomic E-state index is -0.183. The first-order valence-electron chi connectivity index (χ1n) is 8.83. The van der Waals surface area contributed by atoms with Crippen LogP contribution in [0.3, 0.4) is 0 Å². The number of rotatable bonds is 3. The second kappa shape index (κ2) is 7.08. The van der Waals surface area contributed by atoms with E-state index in [-0.39, 0.29) is 5.84 Å². The lowest BCUT2D eigenvalue weighted by Gasteiger charge is -2.26. The van der Waals surface area contributed by atoms with Crippen LogP contribution in [0.5, 0.6) is 0 Å². The van der Waals surface area contributed by atoms with Crippen LogP contribution in [-0.4, -0.2) is 15.2 Å². The number of hydrogen-bond donors (Lipinski definition) is 1. The third-order valence-electron chi connectivity index (χ3n) is 5.25. The topological polar surface area (TPSA) is 78.0 Å². The van der Waals surface area contributed by atoms with Gasteiger partial charge in [-0.25, -0.2) is 0 Å². The minimum absolute atomic E-state index is 0.183. The second-order valence-electron chi connectivity index (χ2n) is 6.86. The van der Waals surface area contributed by atoms with E-state index in [1.54, 1.807) is 0 Å². The van der Waals surface area contributed by atoms with Crippen LogP contribution in [0.25, 0.3) is 27.2 Å². The van der Waals surface area contributed by atoms with Gasteiger partial charge in [0.25, 0.3) is 0 Å². The summed E-state index contributed by atoms with van der Waals surface area (Å²) in [6.07, 6.45) is 4.93. The first-order chi connectivity index (χ1) is 12.7. The zero-order valence-corrected chi connectivity index (χ0v) is 15.9. The largest absolute Gasteiger partial charge is 0.463 e. The van der Waals surface area contributed by atoms with Crippen LogP contribution in [0.1, 0.15) is 31.2 Å². The summed E-state index contributed by atoms with van der Waals surface area (Å²) in [5.41, 5.74) is 2.79. The van der Waals surface area contributed by atoms with Crippen molar-refractivity contribution >= 4 is 43.6 Å². The van der Waals surface area contributed by atoms with E-state index in [2.05, 4.69) is 43.0 Å². The molecule has 6 heteroatoms. The standard InChI is InChI=1S/C20H19BrN5/c21-15-8-5-13(6-9-15)12-26-18-4-2-1-3-16(18)17-11-14(7-10-19(17)26)20(22)24-25-23/h1,3,7,10-11,13,15H,5-6,8-9,12H2,(H2-,22,23,24)/q-1. The fourth-order valence-electron chi connectivity index (χ4n) is 3.92. The Balaban J connectivity index is 1.79. The van der Waals surface area contributed by atoms with Crippen molar-refractivity contribution in [2.75, 3.05) is 0 Å². The highest BCUT2D eigenvalue weighted by molar-refractivity contribution is 9.09. The number of alkyl halides is 1. The molecule has 26 heavy (non-hydrogen) atoms. The summed E-state index contributed by atoms with van der Waals surface area (Å²) in [5, 5.41) is 18.9. The highest BCUT2D eigenvalue weighted by Crippen LogP contribution is 2.34. The average molecular weight is 409 g/mol. The molecule has 1 heterocycles. The predicted molar refractivity (Wildman–Crippen MR) is 108 cm³/mol. The Kier molecular flexibility index (Phi) is 4.64. The molecule has 1 saturated carbocycles. The number of fused-ring (bicyclic) bond motifs is 3. The van der Waals surface area contributed by atoms with Gasteiger partial charge in [-0.15, -0.1) is 0 Å². The van der Waals surface area contributed by atoms with E-state index >= 15 is 0 Å². The number of hydrogen-bond acceptors (Lipinski definition) is 1. The maximum atomic E-state index is 10.00. The molecule has 1 aliphatic carbocycles. The normalized spacial score (nSPS) is 20.7. The molecule has 0 saturated heterocycles. The van der Waals surface area contributed by atoms with E-state index in [9.17, 15) is 5.41 Å². The lowest BCUT2D eigenvalue weighted by Crippen LogP contribution is -2.18. The Labute approximate surface area is 160 Å². The van der Waals surface area contributed by atoms with Crippen LogP contribution in [0, 0.1) is 18.1 Å². The van der Waals surface area contributed by atoms with Gasteiger partial charge in [0, 0.05) is 27.7 Å². The highest BCUT2D eigenvalue weighted by Gasteiger charge is 2.21. The Morgan fingerprint density at radius 3 is 2.81 bits per heavy atom. The van der Waals surface area contributed by atoms with Gasteiger partial charge in [-0.05, 0) is 73.3 Å². The number of nitrogens with two attached hydrogens (primary N) is 1. The van der Waals surface area contributed by atoms with Gasteiger partial charge in [-0.3, -0.25) is 0 Å². The zero-order chi connectivity index (χ0) is 18.1. The van der Waals surface area contributed by atoms with Gasteiger partial charge in [0.15, 0.2) is 0 Å². The van der Waals surface area contributed by atoms with Gasteiger partial charge in [0.2, 0.25) is 0 Å². The second-order valence-corrected chi connectivity index (χ2v) is 8.16. The molecule has 0 atom stereocenters. The summed E-state index contributed by atoms with van der Waals surface area (Å²) < 4.78 is 2.34. The van der Waals surface area contributed by atoms with Crippen molar-refractivity contribution in [3.63, 3.8) is 0 Å². The number of aromatic nitrogens is 1. The third-order valence-corrected chi connectivity index (χ3v) is 6.17. The van der Waals surface area contributed by atoms with Crippen molar-refractivity contribution in [3.8, 4) is 0 Å². The summed E-state index contributed by atoms with van der Waals surface area (Å²) in [6, 6.07) is 16.1. The third kappa shape index (κ3) is 3.08. The van der Waals surface area contributed by atoms with Crippen molar-refractivity contribution in [3.05, 3.63) is 53.4 Å². The summed E-state index contributed by atoms with van der Waals surface area (Å²) in [6.45, 7) is 0.978. The van der Waals surface area contributed by atoms with Crippen molar-refractivity contribution in [1.29, 1.82) is 0 Å². The van der Waals surface area contributed by atoms with Crippen molar-refractivity contribution in [1.82, 2.24) is 4.57 Å². The number of benzene rings is 1. The summed E-state index contributed by atoms with van der Waals surface area (Å²) >= 11 is 3.74. The van der Waals surface area contributed by atoms with Crippen molar-refractivity contribution in [2.45, 2.75) is 37.1 Å². The molecule has 2 N–H and O–H groups in total. The van der Waals surface area contributed by atoms with E-state index in [4.69, 9.17) is 5.84 Å². The first kappa shape index (κ1) is 17.0. The first-order valence-corrected chi connectivity index (χ1v) is 9.74. The molecule has 4 rings (SSSR count). The molecule has 5 nitrogen and oxygen atoms in total. The van der Waals surface area contributed by atoms with Gasteiger partial charge >= 0.3 is 0 Å². The molecule has 2 aromatic carbocycles. The quantitative estimate of drug-likeness (QED) is 0.162. The zero-order valence-electron chi connectivity index (χ0n) is 14.3. The predicted octanol–water partition coefficient (Wildman–Crippen LogP) is 4.99. The SMILES string of the molecule is [N-]=C(N=NN)c1ccc2c(c1)c1ccc#cc1n2CC1CCC(Br)CC1. The molecule has 1 aliphatic rings. The maximum absolute atomic E-state index is 10.00. The molecule has 0 amide bonds. The van der Waals surface area contributed by atoms with Gasteiger partial charge in [-0.1, -0.05) is 28.1 Å². The van der Waals surface area contributed by atoms with Crippen LogP contribution in [0.4, 0.5) is 0 Å². The van der Waals surface area contributed by atoms with Crippen LogP contribution in [-0.2, 0) is 6.54 Å². The Morgan fingerprint density at radius 2 is 2.04 bits per heavy atom. The Morgan fingerprint density at radius 1 is 1.23 bits per heavy atom. The van der Waals surface area contributed by atoms with E-state index in [0.29, 0.717) is 16.3 Å². The Bertz CT molecular complexity index is 982. The molecule has 0 unspecified atom stereocenters. The number of halogens is 1. The molecule has 1 fully saturated rings. The maximum Gasteiger partial charge on any atom is 0.101 e. The molecule has 1 aromatic heterocycles. The number of nitrogens with zero attached hydrogens (tertiary/aromatic N) is 4. The van der Waals surface area contributed by atoms with E-state index in [1.165, 1.54) is 25.7 Å². The highest BCUT2D eigenvalue weighted by atomic mass is 79.9. The summed E-state index contributed by atoms with van der Waals surface area (Å²) in [4.78, 5) is 0.662. The van der Waals surface area contributed by atoms with Gasteiger partial charge < -0.3 is 20.9 Å². The molecular formula is C20H19BrN5-. The van der Waals surface area contributed by atoms with Crippen LogP contribution < -0.4 is 5.84 Å².